The molecular weight excluding hydrogens is 296 g/mol. The van der Waals surface area contributed by atoms with Crippen LogP contribution in [0.1, 0.15) is 24.8 Å². The molecule has 2 atom stereocenters. The summed E-state index contributed by atoms with van der Waals surface area (Å²) >= 11 is 3.34. The van der Waals surface area contributed by atoms with Crippen molar-refractivity contribution < 1.29 is 4.92 Å². The lowest BCUT2D eigenvalue weighted by atomic mass is 10.1. The predicted molar refractivity (Wildman–Crippen MR) is 74.2 cm³/mol. The maximum absolute atomic E-state index is 10.9. The van der Waals surface area contributed by atoms with Crippen molar-refractivity contribution >= 4 is 27.3 Å². The number of hydrogen-bond donors (Lipinski definition) is 0. The van der Waals surface area contributed by atoms with Gasteiger partial charge in [0.15, 0.2) is 0 Å². The van der Waals surface area contributed by atoms with Gasteiger partial charge in [0.1, 0.15) is 0 Å². The molecule has 1 saturated heterocycles. The minimum absolute atomic E-state index is 0.208. The third-order valence-corrected chi connectivity index (χ3v) is 4.75. The molecule has 1 heterocycles. The van der Waals surface area contributed by atoms with E-state index in [4.69, 9.17) is 0 Å². The molecule has 1 aliphatic heterocycles. The molecule has 1 aromatic rings. The Bertz CT molecular complexity index is 492. The summed E-state index contributed by atoms with van der Waals surface area (Å²) in [4.78, 5) is 13.0. The van der Waals surface area contributed by atoms with Crippen LogP contribution in [0.25, 0.3) is 0 Å². The Morgan fingerprint density at radius 2 is 2.28 bits per heavy atom. The maximum atomic E-state index is 10.9. The lowest BCUT2D eigenvalue weighted by Gasteiger charge is -2.29. The van der Waals surface area contributed by atoms with Crippen LogP contribution in [0.3, 0.4) is 0 Å². The molecule has 0 spiro atoms. The first-order valence-corrected chi connectivity index (χ1v) is 7.41. The molecule has 96 valence electrons. The molecule has 0 radical (unpaired) electrons. The second kappa shape index (κ2) is 4.53. The van der Waals surface area contributed by atoms with Crippen molar-refractivity contribution in [2.45, 2.75) is 30.6 Å². The molecular formula is C13H15BrN2O2. The number of alkyl halides is 1. The molecule has 2 unspecified atom stereocenters. The highest BCUT2D eigenvalue weighted by Gasteiger charge is 2.38. The number of benzene rings is 1. The molecule has 1 aromatic carbocycles. The van der Waals surface area contributed by atoms with E-state index in [-0.39, 0.29) is 10.6 Å². The maximum Gasteiger partial charge on any atom is 0.273 e. The second-order valence-electron chi connectivity index (χ2n) is 5.19. The lowest BCUT2D eigenvalue weighted by Crippen LogP contribution is -2.31. The molecule has 1 aliphatic carbocycles. The number of rotatable bonds is 3. The summed E-state index contributed by atoms with van der Waals surface area (Å²) < 4.78 is 0. The van der Waals surface area contributed by atoms with E-state index in [1.807, 2.05) is 12.1 Å². The molecule has 4 nitrogen and oxygen atoms in total. The van der Waals surface area contributed by atoms with Gasteiger partial charge in [-0.3, -0.25) is 10.1 Å². The normalized spacial score (nSPS) is 25.7. The molecule has 0 amide bonds. The molecule has 2 fully saturated rings. The number of nitrogens with zero attached hydrogens (tertiary/aromatic N) is 2. The van der Waals surface area contributed by atoms with Crippen molar-refractivity contribution in [1.29, 1.82) is 0 Å². The van der Waals surface area contributed by atoms with Crippen LogP contribution in [0.2, 0.25) is 0 Å². The standard InChI is InChI=1S/C13H15BrN2O2/c14-7-10-6-12(3-4-13(10)16(17)18)15-8-9-1-2-11(15)5-9/h3-4,6,9,11H,1-2,5,7-8H2. The van der Waals surface area contributed by atoms with E-state index in [2.05, 4.69) is 20.8 Å². The van der Waals surface area contributed by atoms with Gasteiger partial charge in [0.25, 0.3) is 5.69 Å². The van der Waals surface area contributed by atoms with E-state index in [1.165, 1.54) is 19.3 Å². The fourth-order valence-corrected chi connectivity index (χ4v) is 3.73. The molecule has 2 bridgehead atoms. The monoisotopic (exact) mass is 310 g/mol. The van der Waals surface area contributed by atoms with Gasteiger partial charge in [-0.25, -0.2) is 0 Å². The third kappa shape index (κ3) is 1.90. The SMILES string of the molecule is O=[N+]([O-])c1ccc(N2CC3CCC2C3)cc1CBr. The summed E-state index contributed by atoms with van der Waals surface area (Å²) in [5.41, 5.74) is 2.11. The van der Waals surface area contributed by atoms with Gasteiger partial charge >= 0.3 is 0 Å². The summed E-state index contributed by atoms with van der Waals surface area (Å²) in [5.74, 6) is 0.831. The van der Waals surface area contributed by atoms with Crippen molar-refractivity contribution in [1.82, 2.24) is 0 Å². The van der Waals surface area contributed by atoms with Crippen LogP contribution in [-0.2, 0) is 5.33 Å². The lowest BCUT2D eigenvalue weighted by molar-refractivity contribution is -0.385. The van der Waals surface area contributed by atoms with Crippen molar-refractivity contribution in [3.63, 3.8) is 0 Å². The van der Waals surface area contributed by atoms with Crippen LogP contribution in [0.4, 0.5) is 11.4 Å². The highest BCUT2D eigenvalue weighted by atomic mass is 79.9. The summed E-state index contributed by atoms with van der Waals surface area (Å²) in [6.07, 6.45) is 3.91. The van der Waals surface area contributed by atoms with Crippen LogP contribution in [0.5, 0.6) is 0 Å². The Morgan fingerprint density at radius 1 is 1.44 bits per heavy atom. The van der Waals surface area contributed by atoms with Gasteiger partial charge in [-0.2, -0.15) is 0 Å². The average molecular weight is 311 g/mol. The van der Waals surface area contributed by atoms with E-state index in [1.54, 1.807) is 6.07 Å². The molecule has 0 N–H and O–H groups in total. The molecule has 2 aliphatic rings. The predicted octanol–water partition coefficient (Wildman–Crippen LogP) is 3.48. The van der Waals surface area contributed by atoms with Gasteiger partial charge < -0.3 is 4.90 Å². The fourth-order valence-electron chi connectivity index (χ4n) is 3.28. The number of hydrogen-bond acceptors (Lipinski definition) is 3. The number of nitro groups is 1. The minimum atomic E-state index is -0.309. The molecule has 3 rings (SSSR count). The van der Waals surface area contributed by atoms with Crippen LogP contribution < -0.4 is 4.90 Å². The zero-order valence-electron chi connectivity index (χ0n) is 10.0. The average Bonchev–Trinajstić information content (AvgIpc) is 3.00. The first kappa shape index (κ1) is 12.0. The third-order valence-electron chi connectivity index (χ3n) is 4.14. The topological polar surface area (TPSA) is 46.4 Å². The van der Waals surface area contributed by atoms with Gasteiger partial charge in [0, 0.05) is 35.2 Å². The van der Waals surface area contributed by atoms with Crippen molar-refractivity contribution in [3.05, 3.63) is 33.9 Å². The first-order chi connectivity index (χ1) is 8.69. The molecule has 0 aromatic heterocycles. The summed E-state index contributed by atoms with van der Waals surface area (Å²) in [6.45, 7) is 1.12. The highest BCUT2D eigenvalue weighted by Crippen LogP contribution is 2.41. The summed E-state index contributed by atoms with van der Waals surface area (Å²) in [5, 5.41) is 11.4. The quantitative estimate of drug-likeness (QED) is 0.488. The summed E-state index contributed by atoms with van der Waals surface area (Å²) in [6, 6.07) is 6.15. The summed E-state index contributed by atoms with van der Waals surface area (Å²) in [7, 11) is 0. The second-order valence-corrected chi connectivity index (χ2v) is 5.75. The largest absolute Gasteiger partial charge is 0.368 e. The number of anilines is 1. The Kier molecular flexibility index (Phi) is 3.01. The van der Waals surface area contributed by atoms with Gasteiger partial charge in [0.05, 0.1) is 4.92 Å². The van der Waals surface area contributed by atoms with Crippen LogP contribution in [0.15, 0.2) is 18.2 Å². The zero-order chi connectivity index (χ0) is 12.7. The number of halogens is 1. The van der Waals surface area contributed by atoms with Gasteiger partial charge in [0.2, 0.25) is 0 Å². The minimum Gasteiger partial charge on any atom is -0.368 e. The fraction of sp³-hybridized carbons (Fsp3) is 0.538. The van der Waals surface area contributed by atoms with Crippen LogP contribution in [-0.4, -0.2) is 17.5 Å². The van der Waals surface area contributed by atoms with Crippen molar-refractivity contribution in [3.8, 4) is 0 Å². The molecule has 18 heavy (non-hydrogen) atoms. The zero-order valence-corrected chi connectivity index (χ0v) is 11.6. The Balaban J connectivity index is 1.92. The van der Waals surface area contributed by atoms with Gasteiger partial charge in [-0.1, -0.05) is 15.9 Å². The molecule has 1 saturated carbocycles. The van der Waals surface area contributed by atoms with Crippen molar-refractivity contribution in [2.75, 3.05) is 11.4 Å². The number of nitro benzene ring substituents is 1. The Hall–Kier alpha value is -1.10. The van der Waals surface area contributed by atoms with Gasteiger partial charge in [-0.05, 0) is 37.3 Å². The van der Waals surface area contributed by atoms with Gasteiger partial charge in [-0.15, -0.1) is 0 Å². The van der Waals surface area contributed by atoms with E-state index in [0.29, 0.717) is 11.4 Å². The number of piperidine rings is 1. The first-order valence-electron chi connectivity index (χ1n) is 6.29. The molecule has 5 heteroatoms. The Labute approximate surface area is 114 Å². The van der Waals surface area contributed by atoms with E-state index in [9.17, 15) is 10.1 Å². The van der Waals surface area contributed by atoms with Crippen LogP contribution in [0, 0.1) is 16.0 Å². The van der Waals surface area contributed by atoms with E-state index in [0.717, 1.165) is 23.7 Å². The Morgan fingerprint density at radius 3 is 2.83 bits per heavy atom. The highest BCUT2D eigenvalue weighted by molar-refractivity contribution is 9.08. The van der Waals surface area contributed by atoms with E-state index < -0.39 is 0 Å². The van der Waals surface area contributed by atoms with Crippen LogP contribution >= 0.6 is 15.9 Å². The van der Waals surface area contributed by atoms with E-state index >= 15 is 0 Å². The number of fused-ring (bicyclic) bond motifs is 2. The van der Waals surface area contributed by atoms with Crippen molar-refractivity contribution in [2.24, 2.45) is 5.92 Å². The smallest absolute Gasteiger partial charge is 0.273 e.